The van der Waals surface area contributed by atoms with Gasteiger partial charge in [-0.1, -0.05) is 73.9 Å². The summed E-state index contributed by atoms with van der Waals surface area (Å²) < 4.78 is 45.5. The molecule has 1 spiro atoms. The van der Waals surface area contributed by atoms with Crippen molar-refractivity contribution >= 4 is 5.97 Å². The van der Waals surface area contributed by atoms with Crippen LogP contribution in [-0.4, -0.2) is 31.1 Å². The van der Waals surface area contributed by atoms with E-state index in [1.165, 1.54) is 62.5 Å². The maximum Gasteiger partial charge on any atom is 0.416 e. The molecule has 0 aromatic heterocycles. The van der Waals surface area contributed by atoms with Crippen LogP contribution in [0.25, 0.3) is 0 Å². The predicted octanol–water partition coefficient (Wildman–Crippen LogP) is 8.56. The third kappa shape index (κ3) is 4.32. The third-order valence-electron chi connectivity index (χ3n) is 11.2. The largest absolute Gasteiger partial charge is 0.465 e. The SMILES string of the molecule is COC(=O)c1ccc(C23CC4(C2)[C@H](CN(CC2CCCCC2)[C@@H]4c2ccccc2)C3c2ccc(C(F)(F)F)cc2)cc1. The number of hydrogen-bond donors (Lipinski definition) is 0. The van der Waals surface area contributed by atoms with Crippen molar-refractivity contribution in [3.8, 4) is 0 Å². The molecule has 220 valence electrons. The number of nitrogens with zero attached hydrogens (tertiary/aromatic N) is 1. The molecule has 1 aliphatic heterocycles. The Balaban J connectivity index is 1.31. The lowest BCUT2D eigenvalue weighted by Gasteiger charge is -2.53. The molecule has 3 aromatic carbocycles. The van der Waals surface area contributed by atoms with E-state index in [0.29, 0.717) is 23.4 Å². The molecule has 8 rings (SSSR count). The molecule has 2 bridgehead atoms. The van der Waals surface area contributed by atoms with Gasteiger partial charge in [-0.15, -0.1) is 0 Å². The summed E-state index contributed by atoms with van der Waals surface area (Å²) in [5.74, 6) is 0.782. The van der Waals surface area contributed by atoms with Crippen molar-refractivity contribution in [2.24, 2.45) is 17.3 Å². The fraction of sp³-hybridized carbons (Fsp3) is 0.472. The van der Waals surface area contributed by atoms with E-state index >= 15 is 0 Å². The van der Waals surface area contributed by atoms with Crippen molar-refractivity contribution in [2.75, 3.05) is 20.2 Å². The van der Waals surface area contributed by atoms with Crippen molar-refractivity contribution in [1.29, 1.82) is 0 Å². The molecule has 1 unspecified atom stereocenters. The van der Waals surface area contributed by atoms with Crippen molar-refractivity contribution in [3.05, 3.63) is 107 Å². The maximum absolute atomic E-state index is 13.5. The highest BCUT2D eigenvalue weighted by molar-refractivity contribution is 5.89. The van der Waals surface area contributed by atoms with Gasteiger partial charge < -0.3 is 4.74 Å². The average molecular weight is 574 g/mol. The average Bonchev–Trinajstić information content (AvgIpc) is 3.56. The Morgan fingerprint density at radius 1 is 0.881 bits per heavy atom. The van der Waals surface area contributed by atoms with Gasteiger partial charge in [-0.05, 0) is 89.8 Å². The Morgan fingerprint density at radius 2 is 1.55 bits per heavy atom. The van der Waals surface area contributed by atoms with Gasteiger partial charge in [0.15, 0.2) is 0 Å². The lowest BCUT2D eigenvalue weighted by Crippen LogP contribution is -2.48. The molecule has 3 nitrogen and oxygen atoms in total. The molecular formula is C36H38F3NO2. The smallest absolute Gasteiger partial charge is 0.416 e. The summed E-state index contributed by atoms with van der Waals surface area (Å²) in [6.07, 6.45) is 4.15. The Kier molecular flexibility index (Phi) is 6.76. The van der Waals surface area contributed by atoms with Crippen LogP contribution in [0.4, 0.5) is 13.2 Å². The zero-order chi connectivity index (χ0) is 29.1. The number of esters is 1. The summed E-state index contributed by atoms with van der Waals surface area (Å²) in [6, 6.07) is 24.9. The van der Waals surface area contributed by atoms with Gasteiger partial charge in [-0.3, -0.25) is 4.90 Å². The summed E-state index contributed by atoms with van der Waals surface area (Å²) in [7, 11) is 1.38. The first-order chi connectivity index (χ1) is 20.2. The van der Waals surface area contributed by atoms with Crippen LogP contribution in [0, 0.1) is 17.3 Å². The molecule has 4 saturated carbocycles. The second kappa shape index (κ2) is 10.3. The molecule has 3 aromatic rings. The first-order valence-corrected chi connectivity index (χ1v) is 15.4. The number of likely N-dealkylation sites (tertiary alicyclic amines) is 1. The van der Waals surface area contributed by atoms with Crippen LogP contribution in [0.3, 0.4) is 0 Å². The molecule has 42 heavy (non-hydrogen) atoms. The Hall–Kier alpha value is -3.12. The maximum atomic E-state index is 13.5. The van der Waals surface area contributed by atoms with Crippen molar-refractivity contribution in [3.63, 3.8) is 0 Å². The number of carbonyl (C=O) groups is 1. The topological polar surface area (TPSA) is 29.5 Å². The fourth-order valence-corrected chi connectivity index (χ4v) is 9.66. The van der Waals surface area contributed by atoms with E-state index < -0.39 is 11.7 Å². The molecule has 1 heterocycles. The van der Waals surface area contributed by atoms with Crippen LogP contribution < -0.4 is 0 Å². The van der Waals surface area contributed by atoms with Gasteiger partial charge in [0.2, 0.25) is 0 Å². The zero-order valence-corrected chi connectivity index (χ0v) is 24.1. The normalized spacial score (nSPS) is 31.0. The van der Waals surface area contributed by atoms with Crippen molar-refractivity contribution in [2.45, 2.75) is 68.5 Å². The lowest BCUT2D eigenvalue weighted by molar-refractivity contribution is -0.137. The van der Waals surface area contributed by atoms with Gasteiger partial charge in [0.1, 0.15) is 0 Å². The summed E-state index contributed by atoms with van der Waals surface area (Å²) in [5.41, 5.74) is 3.32. The quantitative estimate of drug-likeness (QED) is 0.277. The lowest BCUT2D eigenvalue weighted by atomic mass is 9.52. The Bertz CT molecular complexity index is 1420. The van der Waals surface area contributed by atoms with Gasteiger partial charge in [0.25, 0.3) is 0 Å². The molecule has 0 N–H and O–H groups in total. The molecule has 3 atom stereocenters. The third-order valence-corrected chi connectivity index (χ3v) is 11.2. The van der Waals surface area contributed by atoms with E-state index in [2.05, 4.69) is 47.4 Å². The van der Waals surface area contributed by atoms with Crippen LogP contribution in [0.1, 0.15) is 89.5 Å². The van der Waals surface area contributed by atoms with E-state index in [-0.39, 0.29) is 22.7 Å². The molecule has 5 aliphatic rings. The second-order valence-electron chi connectivity index (χ2n) is 13.3. The molecule has 5 fully saturated rings. The molecule has 4 aliphatic carbocycles. The number of methoxy groups -OCH3 is 1. The summed E-state index contributed by atoms with van der Waals surface area (Å²) >= 11 is 0. The first kappa shape index (κ1) is 27.7. The van der Waals surface area contributed by atoms with Gasteiger partial charge in [-0.2, -0.15) is 13.2 Å². The number of rotatable bonds is 6. The van der Waals surface area contributed by atoms with E-state index in [9.17, 15) is 18.0 Å². The standard InChI is InChI=1S/C36H38F3NO2/c1-42-33(41)27-14-16-28(17-15-27)34-22-35(23-34)30(31(34)25-12-18-29(19-13-25)36(37,38)39)21-40(20-24-8-4-2-5-9-24)32(35)26-10-6-3-7-11-26/h3,6-7,10-19,24,30-32H,2,4-5,8-9,20-23H2,1H3/t30-,31?,32-,34?,35?/m1/s1. The van der Waals surface area contributed by atoms with Gasteiger partial charge in [0.05, 0.1) is 18.2 Å². The molecule has 1 saturated heterocycles. The van der Waals surface area contributed by atoms with E-state index in [1.807, 2.05) is 12.1 Å². The van der Waals surface area contributed by atoms with Crippen molar-refractivity contribution < 1.29 is 22.7 Å². The van der Waals surface area contributed by atoms with Crippen molar-refractivity contribution in [1.82, 2.24) is 4.90 Å². The predicted molar refractivity (Wildman–Crippen MR) is 156 cm³/mol. The molecular weight excluding hydrogens is 535 g/mol. The van der Waals surface area contributed by atoms with Gasteiger partial charge >= 0.3 is 12.1 Å². The minimum absolute atomic E-state index is 0.0599. The van der Waals surface area contributed by atoms with Crippen LogP contribution in [-0.2, 0) is 16.3 Å². The Morgan fingerprint density at radius 3 is 2.17 bits per heavy atom. The highest BCUT2D eigenvalue weighted by Crippen LogP contribution is 2.82. The number of benzene rings is 3. The Labute approximate surface area is 246 Å². The van der Waals surface area contributed by atoms with E-state index in [0.717, 1.165) is 31.5 Å². The summed E-state index contributed by atoms with van der Waals surface area (Å²) in [5, 5.41) is 0. The number of halogens is 3. The fourth-order valence-electron chi connectivity index (χ4n) is 9.66. The molecule has 6 heteroatoms. The molecule has 0 amide bonds. The number of hydrogen-bond acceptors (Lipinski definition) is 3. The van der Waals surface area contributed by atoms with Gasteiger partial charge in [0, 0.05) is 24.5 Å². The summed E-state index contributed by atoms with van der Waals surface area (Å²) in [4.78, 5) is 14.9. The second-order valence-corrected chi connectivity index (χ2v) is 13.3. The van der Waals surface area contributed by atoms with Crippen LogP contribution in [0.5, 0.6) is 0 Å². The first-order valence-electron chi connectivity index (χ1n) is 15.4. The number of ether oxygens (including phenoxy) is 1. The summed E-state index contributed by atoms with van der Waals surface area (Å²) in [6.45, 7) is 2.06. The zero-order valence-electron chi connectivity index (χ0n) is 24.1. The highest BCUT2D eigenvalue weighted by atomic mass is 19.4. The van der Waals surface area contributed by atoms with Crippen LogP contribution in [0.2, 0.25) is 0 Å². The van der Waals surface area contributed by atoms with E-state index in [1.54, 1.807) is 12.1 Å². The van der Waals surface area contributed by atoms with Gasteiger partial charge in [-0.25, -0.2) is 4.79 Å². The highest BCUT2D eigenvalue weighted by Gasteiger charge is 2.77. The molecule has 0 radical (unpaired) electrons. The minimum atomic E-state index is -4.36. The van der Waals surface area contributed by atoms with Crippen LogP contribution in [0.15, 0.2) is 78.9 Å². The number of carbonyl (C=O) groups excluding carboxylic acids is 1. The van der Waals surface area contributed by atoms with Crippen LogP contribution >= 0.6 is 0 Å². The monoisotopic (exact) mass is 573 g/mol. The number of alkyl halides is 3. The van der Waals surface area contributed by atoms with E-state index in [4.69, 9.17) is 4.74 Å². The minimum Gasteiger partial charge on any atom is -0.465 e.